The van der Waals surface area contributed by atoms with Gasteiger partial charge in [-0.05, 0) is 69.1 Å². The van der Waals surface area contributed by atoms with Crippen molar-refractivity contribution in [3.8, 4) is 6.07 Å². The van der Waals surface area contributed by atoms with Crippen LogP contribution in [0.5, 0.6) is 0 Å². The van der Waals surface area contributed by atoms with Crippen LogP contribution >= 0.6 is 0 Å². The summed E-state index contributed by atoms with van der Waals surface area (Å²) in [4.78, 5) is 26.6. The molecule has 0 aromatic carbocycles. The predicted molar refractivity (Wildman–Crippen MR) is 88.6 cm³/mol. The molecule has 2 amide bonds. The fraction of sp³-hybridized carbons (Fsp3) is 0.842. The van der Waals surface area contributed by atoms with Gasteiger partial charge in [-0.3, -0.25) is 9.59 Å². The lowest BCUT2D eigenvalue weighted by Gasteiger charge is -2.56. The molecule has 0 spiro atoms. The average molecular weight is 329 g/mol. The lowest BCUT2D eigenvalue weighted by atomic mass is 9.49. The summed E-state index contributed by atoms with van der Waals surface area (Å²) in [6.07, 6.45) is 8.96. The van der Waals surface area contributed by atoms with Crippen molar-refractivity contribution >= 4 is 11.8 Å². The van der Waals surface area contributed by atoms with E-state index in [-0.39, 0.29) is 23.8 Å². The maximum absolute atomic E-state index is 13.0. The SMILES string of the molecule is N#CCC(=O)N1CCC(NC(=O)C23CC4CC(CC(C4)C2)C3)CC1. The van der Waals surface area contributed by atoms with Gasteiger partial charge in [0.1, 0.15) is 6.42 Å². The highest BCUT2D eigenvalue weighted by molar-refractivity contribution is 5.83. The van der Waals surface area contributed by atoms with E-state index in [9.17, 15) is 9.59 Å². The summed E-state index contributed by atoms with van der Waals surface area (Å²) >= 11 is 0. The molecule has 24 heavy (non-hydrogen) atoms. The highest BCUT2D eigenvalue weighted by atomic mass is 16.2. The van der Waals surface area contributed by atoms with Crippen molar-refractivity contribution in [2.75, 3.05) is 13.1 Å². The quantitative estimate of drug-likeness (QED) is 0.863. The van der Waals surface area contributed by atoms with Gasteiger partial charge in [0.25, 0.3) is 0 Å². The Hall–Kier alpha value is -1.57. The lowest BCUT2D eigenvalue weighted by molar-refractivity contribution is -0.147. The zero-order chi connectivity index (χ0) is 16.7. The Kier molecular flexibility index (Phi) is 4.02. The highest BCUT2D eigenvalue weighted by Gasteiger charge is 2.54. The first-order chi connectivity index (χ1) is 11.6. The van der Waals surface area contributed by atoms with Gasteiger partial charge in [-0.15, -0.1) is 0 Å². The number of nitrogens with one attached hydrogen (secondary N) is 1. The molecule has 1 saturated heterocycles. The van der Waals surface area contributed by atoms with Gasteiger partial charge in [-0.25, -0.2) is 0 Å². The Balaban J connectivity index is 1.33. The Morgan fingerprint density at radius 2 is 1.58 bits per heavy atom. The molecule has 5 nitrogen and oxygen atoms in total. The van der Waals surface area contributed by atoms with E-state index in [1.54, 1.807) is 4.90 Å². The summed E-state index contributed by atoms with van der Waals surface area (Å²) in [5.41, 5.74) is -0.0808. The average Bonchev–Trinajstić information content (AvgIpc) is 2.54. The smallest absolute Gasteiger partial charge is 0.236 e. The number of piperidine rings is 1. The second-order valence-electron chi connectivity index (χ2n) is 8.66. The summed E-state index contributed by atoms with van der Waals surface area (Å²) < 4.78 is 0. The number of carbonyl (C=O) groups is 2. The van der Waals surface area contributed by atoms with Crippen LogP contribution in [0.4, 0.5) is 0 Å². The van der Waals surface area contributed by atoms with Crippen molar-refractivity contribution in [1.82, 2.24) is 10.2 Å². The van der Waals surface area contributed by atoms with E-state index in [0.717, 1.165) is 49.9 Å². The zero-order valence-electron chi connectivity index (χ0n) is 14.3. The third-order valence-corrected chi connectivity index (χ3v) is 6.93. The number of rotatable bonds is 3. The number of nitriles is 1. The van der Waals surface area contributed by atoms with E-state index in [1.807, 2.05) is 6.07 Å². The van der Waals surface area contributed by atoms with Crippen LogP contribution in [0.1, 0.15) is 57.8 Å². The molecular formula is C19H27N3O2. The van der Waals surface area contributed by atoms with Gasteiger partial charge in [0.05, 0.1) is 6.07 Å². The number of hydrogen-bond donors (Lipinski definition) is 1. The first kappa shape index (κ1) is 15.9. The molecule has 0 aromatic heterocycles. The largest absolute Gasteiger partial charge is 0.353 e. The molecule has 4 saturated carbocycles. The Labute approximate surface area is 143 Å². The molecule has 0 aromatic rings. The van der Waals surface area contributed by atoms with Crippen LogP contribution in [0.2, 0.25) is 0 Å². The molecule has 0 radical (unpaired) electrons. The summed E-state index contributed by atoms with van der Waals surface area (Å²) in [5.74, 6) is 2.57. The minimum Gasteiger partial charge on any atom is -0.353 e. The van der Waals surface area contributed by atoms with Gasteiger partial charge < -0.3 is 10.2 Å². The van der Waals surface area contributed by atoms with Crippen LogP contribution in [-0.4, -0.2) is 35.8 Å². The number of nitrogens with zero attached hydrogens (tertiary/aromatic N) is 2. The van der Waals surface area contributed by atoms with Gasteiger partial charge in [0, 0.05) is 24.5 Å². The second kappa shape index (κ2) is 6.06. The van der Waals surface area contributed by atoms with Gasteiger partial charge >= 0.3 is 0 Å². The van der Waals surface area contributed by atoms with Crippen molar-refractivity contribution < 1.29 is 9.59 Å². The molecule has 5 aliphatic rings. The Bertz CT molecular complexity index is 536. The molecular weight excluding hydrogens is 302 g/mol. The van der Waals surface area contributed by atoms with Crippen LogP contribution in [0.3, 0.4) is 0 Å². The molecule has 0 atom stereocenters. The van der Waals surface area contributed by atoms with E-state index in [2.05, 4.69) is 5.32 Å². The summed E-state index contributed by atoms with van der Waals surface area (Å²) in [5, 5.41) is 12.0. The van der Waals surface area contributed by atoms with E-state index < -0.39 is 0 Å². The Morgan fingerprint density at radius 1 is 1.04 bits per heavy atom. The minimum absolute atomic E-state index is 0.0374. The normalized spacial score (nSPS) is 38.0. The molecule has 130 valence electrons. The fourth-order valence-corrected chi connectivity index (χ4v) is 6.18. The lowest BCUT2D eigenvalue weighted by Crippen LogP contribution is -2.56. The molecule has 4 bridgehead atoms. The minimum atomic E-state index is -0.0808. The number of hydrogen-bond acceptors (Lipinski definition) is 3. The predicted octanol–water partition coefficient (Wildman–Crippen LogP) is 2.22. The molecule has 1 N–H and O–H groups in total. The molecule has 5 fully saturated rings. The molecule has 1 aliphatic heterocycles. The van der Waals surface area contributed by atoms with E-state index in [0.29, 0.717) is 19.0 Å². The molecule has 5 rings (SSSR count). The van der Waals surface area contributed by atoms with Crippen molar-refractivity contribution in [2.45, 2.75) is 63.8 Å². The monoisotopic (exact) mass is 329 g/mol. The first-order valence-electron chi connectivity index (χ1n) is 9.54. The van der Waals surface area contributed by atoms with Gasteiger partial charge in [-0.2, -0.15) is 5.26 Å². The molecule has 0 unspecified atom stereocenters. The second-order valence-corrected chi connectivity index (χ2v) is 8.66. The van der Waals surface area contributed by atoms with Crippen molar-refractivity contribution in [3.05, 3.63) is 0 Å². The standard InChI is InChI=1S/C19H27N3O2/c20-4-1-17(23)22-5-2-16(3-6-22)21-18(24)19-10-13-7-14(11-19)9-15(8-13)12-19/h13-16H,1-3,5-12H2,(H,21,24). The van der Waals surface area contributed by atoms with E-state index in [1.165, 1.54) is 19.3 Å². The van der Waals surface area contributed by atoms with Crippen molar-refractivity contribution in [2.24, 2.45) is 23.2 Å². The van der Waals surface area contributed by atoms with Crippen LogP contribution < -0.4 is 5.32 Å². The maximum Gasteiger partial charge on any atom is 0.236 e. The van der Waals surface area contributed by atoms with Crippen molar-refractivity contribution in [1.29, 1.82) is 5.26 Å². The Morgan fingerprint density at radius 3 is 2.08 bits per heavy atom. The van der Waals surface area contributed by atoms with Gasteiger partial charge in [0.2, 0.25) is 11.8 Å². The zero-order valence-corrected chi connectivity index (χ0v) is 14.3. The van der Waals surface area contributed by atoms with Crippen LogP contribution in [0, 0.1) is 34.5 Å². The highest BCUT2D eigenvalue weighted by Crippen LogP contribution is 2.60. The topological polar surface area (TPSA) is 73.2 Å². The first-order valence-corrected chi connectivity index (χ1v) is 9.54. The van der Waals surface area contributed by atoms with Crippen LogP contribution in [0.25, 0.3) is 0 Å². The summed E-state index contributed by atoms with van der Waals surface area (Å²) in [7, 11) is 0. The number of likely N-dealkylation sites (tertiary alicyclic amines) is 1. The number of amides is 2. The van der Waals surface area contributed by atoms with Gasteiger partial charge in [0.15, 0.2) is 0 Å². The fourth-order valence-electron chi connectivity index (χ4n) is 6.18. The summed E-state index contributed by atoms with van der Waals surface area (Å²) in [6, 6.07) is 2.11. The van der Waals surface area contributed by atoms with Crippen molar-refractivity contribution in [3.63, 3.8) is 0 Å². The molecule has 4 aliphatic carbocycles. The van der Waals surface area contributed by atoms with E-state index >= 15 is 0 Å². The van der Waals surface area contributed by atoms with Crippen LogP contribution in [-0.2, 0) is 9.59 Å². The van der Waals surface area contributed by atoms with Crippen LogP contribution in [0.15, 0.2) is 0 Å². The number of carbonyl (C=O) groups excluding carboxylic acids is 2. The third kappa shape index (κ3) is 2.81. The van der Waals surface area contributed by atoms with Gasteiger partial charge in [-0.1, -0.05) is 0 Å². The maximum atomic E-state index is 13.0. The summed E-state index contributed by atoms with van der Waals surface area (Å²) in [6.45, 7) is 1.32. The van der Waals surface area contributed by atoms with E-state index in [4.69, 9.17) is 5.26 Å². The molecule has 1 heterocycles. The third-order valence-electron chi connectivity index (χ3n) is 6.93. The molecule has 5 heteroatoms.